The van der Waals surface area contributed by atoms with Crippen LogP contribution in [0.1, 0.15) is 18.9 Å². The Kier molecular flexibility index (Phi) is 3.58. The van der Waals surface area contributed by atoms with Crippen LogP contribution in [0.5, 0.6) is 11.5 Å². The molecule has 0 aliphatic carbocycles. The van der Waals surface area contributed by atoms with E-state index in [1.54, 1.807) is 6.07 Å². The first-order valence-electron chi connectivity index (χ1n) is 4.33. The minimum atomic E-state index is -0.0864. The topological polar surface area (TPSA) is 49.7 Å². The van der Waals surface area contributed by atoms with Crippen LogP contribution in [0.2, 0.25) is 0 Å². The summed E-state index contributed by atoms with van der Waals surface area (Å²) in [4.78, 5) is 0. The first-order valence-corrected chi connectivity index (χ1v) is 4.33. The number of ether oxygens (including phenoxy) is 1. The maximum absolute atomic E-state index is 9.23. The number of aliphatic hydroxyl groups excluding tert-OH is 1. The SMILES string of the molecule is CCCOc1cc(O)cc(CO)c1. The summed E-state index contributed by atoms with van der Waals surface area (Å²) < 4.78 is 5.31. The molecule has 1 rings (SSSR count). The number of aliphatic hydroxyl groups is 1. The monoisotopic (exact) mass is 182 g/mol. The summed E-state index contributed by atoms with van der Waals surface area (Å²) in [6.45, 7) is 2.54. The molecule has 1 aromatic rings. The molecule has 0 aliphatic rings. The highest BCUT2D eigenvalue weighted by atomic mass is 16.5. The number of hydrogen-bond donors (Lipinski definition) is 2. The molecule has 3 nitrogen and oxygen atoms in total. The number of phenols is 1. The van der Waals surface area contributed by atoms with Crippen LogP contribution in [0.3, 0.4) is 0 Å². The van der Waals surface area contributed by atoms with Gasteiger partial charge in [-0.3, -0.25) is 0 Å². The normalized spacial score (nSPS) is 10.0. The zero-order valence-corrected chi connectivity index (χ0v) is 7.66. The molecule has 0 radical (unpaired) electrons. The van der Waals surface area contributed by atoms with E-state index < -0.39 is 0 Å². The van der Waals surface area contributed by atoms with Gasteiger partial charge in [0.2, 0.25) is 0 Å². The molecule has 0 saturated carbocycles. The predicted octanol–water partition coefficient (Wildman–Crippen LogP) is 1.67. The summed E-state index contributed by atoms with van der Waals surface area (Å²) >= 11 is 0. The molecular weight excluding hydrogens is 168 g/mol. The molecule has 13 heavy (non-hydrogen) atoms. The van der Waals surface area contributed by atoms with Crippen LogP contribution in [0.25, 0.3) is 0 Å². The molecule has 0 unspecified atom stereocenters. The summed E-state index contributed by atoms with van der Waals surface area (Å²) in [6, 6.07) is 4.77. The van der Waals surface area contributed by atoms with E-state index >= 15 is 0 Å². The van der Waals surface area contributed by atoms with E-state index in [4.69, 9.17) is 9.84 Å². The van der Waals surface area contributed by atoms with Crippen molar-refractivity contribution in [3.8, 4) is 11.5 Å². The first kappa shape index (κ1) is 9.86. The van der Waals surface area contributed by atoms with E-state index in [1.807, 2.05) is 6.92 Å². The number of phenolic OH excluding ortho intramolecular Hbond substituents is 1. The van der Waals surface area contributed by atoms with Gasteiger partial charge in [0.05, 0.1) is 13.2 Å². The molecule has 3 heteroatoms. The van der Waals surface area contributed by atoms with Crippen LogP contribution >= 0.6 is 0 Å². The summed E-state index contributed by atoms with van der Waals surface area (Å²) in [6.07, 6.45) is 0.921. The maximum Gasteiger partial charge on any atom is 0.123 e. The van der Waals surface area contributed by atoms with Crippen LogP contribution in [-0.2, 0) is 6.61 Å². The highest BCUT2D eigenvalue weighted by Gasteiger charge is 1.99. The Balaban J connectivity index is 2.76. The number of rotatable bonds is 4. The zero-order valence-electron chi connectivity index (χ0n) is 7.66. The standard InChI is InChI=1S/C10H14O3/c1-2-3-13-10-5-8(7-11)4-9(12)6-10/h4-6,11-12H,2-3,7H2,1H3. The lowest BCUT2D eigenvalue weighted by atomic mass is 10.2. The predicted molar refractivity (Wildman–Crippen MR) is 49.8 cm³/mol. The Hall–Kier alpha value is -1.22. The smallest absolute Gasteiger partial charge is 0.123 e. The van der Waals surface area contributed by atoms with Crippen LogP contribution in [0.4, 0.5) is 0 Å². The number of hydrogen-bond acceptors (Lipinski definition) is 3. The quantitative estimate of drug-likeness (QED) is 0.744. The largest absolute Gasteiger partial charge is 0.508 e. The van der Waals surface area contributed by atoms with Gasteiger partial charge < -0.3 is 14.9 Å². The van der Waals surface area contributed by atoms with Crippen molar-refractivity contribution in [3.63, 3.8) is 0 Å². The third-order valence-electron chi connectivity index (χ3n) is 1.61. The fraction of sp³-hybridized carbons (Fsp3) is 0.400. The van der Waals surface area contributed by atoms with E-state index in [0.717, 1.165) is 6.42 Å². The highest BCUT2D eigenvalue weighted by molar-refractivity contribution is 5.37. The van der Waals surface area contributed by atoms with Crippen LogP contribution in [0.15, 0.2) is 18.2 Å². The van der Waals surface area contributed by atoms with E-state index in [1.165, 1.54) is 12.1 Å². The molecule has 0 spiro atoms. The van der Waals surface area contributed by atoms with Crippen molar-refractivity contribution in [2.24, 2.45) is 0 Å². The average molecular weight is 182 g/mol. The third kappa shape index (κ3) is 2.95. The molecule has 0 atom stereocenters. The molecule has 0 aliphatic heterocycles. The molecule has 0 amide bonds. The van der Waals surface area contributed by atoms with Crippen LogP contribution in [-0.4, -0.2) is 16.8 Å². The molecular formula is C10H14O3. The molecule has 2 N–H and O–H groups in total. The average Bonchev–Trinajstić information content (AvgIpc) is 2.14. The van der Waals surface area contributed by atoms with Crippen molar-refractivity contribution >= 4 is 0 Å². The molecule has 0 fully saturated rings. The second-order valence-electron chi connectivity index (χ2n) is 2.84. The van der Waals surface area contributed by atoms with Crippen molar-refractivity contribution in [1.29, 1.82) is 0 Å². The van der Waals surface area contributed by atoms with Crippen molar-refractivity contribution in [2.45, 2.75) is 20.0 Å². The van der Waals surface area contributed by atoms with Crippen molar-refractivity contribution in [2.75, 3.05) is 6.61 Å². The lowest BCUT2D eigenvalue weighted by Gasteiger charge is -2.06. The van der Waals surface area contributed by atoms with Crippen LogP contribution < -0.4 is 4.74 Å². The van der Waals surface area contributed by atoms with Gasteiger partial charge in [0.15, 0.2) is 0 Å². The fourth-order valence-electron chi connectivity index (χ4n) is 1.04. The summed E-state index contributed by atoms with van der Waals surface area (Å²) in [7, 11) is 0. The van der Waals surface area contributed by atoms with E-state index in [0.29, 0.717) is 17.9 Å². The minimum absolute atomic E-state index is 0.0864. The molecule has 0 saturated heterocycles. The third-order valence-corrected chi connectivity index (χ3v) is 1.61. The van der Waals surface area contributed by atoms with Gasteiger partial charge in [-0.1, -0.05) is 6.92 Å². The molecule has 0 aromatic heterocycles. The Labute approximate surface area is 77.6 Å². The van der Waals surface area contributed by atoms with Crippen LogP contribution in [0, 0.1) is 0 Å². The van der Waals surface area contributed by atoms with Gasteiger partial charge in [0.25, 0.3) is 0 Å². The van der Waals surface area contributed by atoms with Crippen molar-refractivity contribution < 1.29 is 14.9 Å². The Morgan fingerprint density at radius 2 is 2.08 bits per heavy atom. The lowest BCUT2D eigenvalue weighted by molar-refractivity contribution is 0.278. The maximum atomic E-state index is 9.23. The van der Waals surface area contributed by atoms with Gasteiger partial charge in [-0.15, -0.1) is 0 Å². The van der Waals surface area contributed by atoms with E-state index in [9.17, 15) is 5.11 Å². The van der Waals surface area contributed by atoms with Gasteiger partial charge in [0, 0.05) is 6.07 Å². The Bertz CT molecular complexity index is 271. The molecule has 0 bridgehead atoms. The molecule has 72 valence electrons. The van der Waals surface area contributed by atoms with Gasteiger partial charge in [0.1, 0.15) is 11.5 Å². The second kappa shape index (κ2) is 4.72. The van der Waals surface area contributed by atoms with Gasteiger partial charge >= 0.3 is 0 Å². The second-order valence-corrected chi connectivity index (χ2v) is 2.84. The van der Waals surface area contributed by atoms with E-state index in [-0.39, 0.29) is 12.4 Å². The molecule has 0 heterocycles. The summed E-state index contributed by atoms with van der Waals surface area (Å²) in [5.74, 6) is 0.726. The fourth-order valence-corrected chi connectivity index (χ4v) is 1.04. The van der Waals surface area contributed by atoms with Crippen molar-refractivity contribution in [3.05, 3.63) is 23.8 Å². The number of benzene rings is 1. The Morgan fingerprint density at radius 3 is 2.69 bits per heavy atom. The Morgan fingerprint density at radius 1 is 1.31 bits per heavy atom. The van der Waals surface area contributed by atoms with Gasteiger partial charge in [-0.25, -0.2) is 0 Å². The summed E-state index contributed by atoms with van der Waals surface area (Å²) in [5, 5.41) is 18.1. The minimum Gasteiger partial charge on any atom is -0.508 e. The molecule has 1 aromatic carbocycles. The first-order chi connectivity index (χ1) is 6.26. The highest BCUT2D eigenvalue weighted by Crippen LogP contribution is 2.21. The van der Waals surface area contributed by atoms with E-state index in [2.05, 4.69) is 0 Å². The van der Waals surface area contributed by atoms with Gasteiger partial charge in [-0.2, -0.15) is 0 Å². The number of aromatic hydroxyl groups is 1. The lowest BCUT2D eigenvalue weighted by Crippen LogP contribution is -1.95. The van der Waals surface area contributed by atoms with Gasteiger partial charge in [-0.05, 0) is 24.1 Å². The zero-order chi connectivity index (χ0) is 9.68. The summed E-state index contributed by atoms with van der Waals surface area (Å²) in [5.41, 5.74) is 0.658. The van der Waals surface area contributed by atoms with Crippen molar-refractivity contribution in [1.82, 2.24) is 0 Å².